The number of hydrogen-bond acceptors (Lipinski definition) is 5. The Morgan fingerprint density at radius 1 is 1.22 bits per heavy atom. The lowest BCUT2D eigenvalue weighted by atomic mass is 9.47. The van der Waals surface area contributed by atoms with Crippen LogP contribution in [0.2, 0.25) is 0 Å². The molecule has 1 saturated carbocycles. The molecular formula is C20H25Br2NO4. The van der Waals surface area contributed by atoms with Gasteiger partial charge in [0.05, 0.1) is 11.6 Å². The average molecular weight is 503 g/mol. The number of piperidine rings is 1. The third-order valence-electron chi connectivity index (χ3n) is 7.69. The smallest absolute Gasteiger partial charge is 0.239 e. The van der Waals surface area contributed by atoms with Gasteiger partial charge in [-0.2, -0.15) is 0 Å². The molecule has 0 aromatic heterocycles. The third-order valence-corrected chi connectivity index (χ3v) is 9.32. The van der Waals surface area contributed by atoms with E-state index in [2.05, 4.69) is 56.0 Å². The molecule has 3 fully saturated rings. The lowest BCUT2D eigenvalue weighted by Crippen LogP contribution is -2.69. The Kier molecular flexibility index (Phi) is 4.21. The van der Waals surface area contributed by atoms with Crippen molar-refractivity contribution in [3.8, 4) is 0 Å². The minimum absolute atomic E-state index is 0.0736. The quantitative estimate of drug-likeness (QED) is 0.549. The van der Waals surface area contributed by atoms with Gasteiger partial charge in [0.2, 0.25) is 5.79 Å². The molecule has 7 heteroatoms. The third kappa shape index (κ3) is 2.05. The molecule has 2 aliphatic heterocycles. The first-order valence-electron chi connectivity index (χ1n) is 9.44. The number of allylic oxidation sites excluding steroid dienone is 3. The van der Waals surface area contributed by atoms with Crippen molar-refractivity contribution in [3.05, 3.63) is 32.6 Å². The van der Waals surface area contributed by atoms with Crippen molar-refractivity contribution < 1.29 is 18.9 Å². The summed E-state index contributed by atoms with van der Waals surface area (Å²) >= 11 is 7.64. The van der Waals surface area contributed by atoms with Crippen molar-refractivity contribution in [1.82, 2.24) is 4.90 Å². The minimum atomic E-state index is -0.936. The molecule has 0 amide bonds. The van der Waals surface area contributed by atoms with Crippen LogP contribution in [-0.4, -0.2) is 57.8 Å². The topological polar surface area (TPSA) is 40.2 Å². The van der Waals surface area contributed by atoms with E-state index in [1.165, 1.54) is 4.48 Å². The van der Waals surface area contributed by atoms with E-state index in [9.17, 15) is 0 Å². The van der Waals surface area contributed by atoms with Gasteiger partial charge >= 0.3 is 0 Å². The maximum Gasteiger partial charge on any atom is 0.239 e. The maximum atomic E-state index is 6.73. The number of rotatable bonds is 3. The van der Waals surface area contributed by atoms with E-state index < -0.39 is 5.79 Å². The monoisotopic (exact) mass is 501 g/mol. The van der Waals surface area contributed by atoms with Gasteiger partial charge in [-0.25, -0.2) is 0 Å². The van der Waals surface area contributed by atoms with Crippen LogP contribution in [0.25, 0.3) is 0 Å². The second kappa shape index (κ2) is 6.08. The molecule has 0 aromatic carbocycles. The summed E-state index contributed by atoms with van der Waals surface area (Å²) in [5.41, 5.74) is -0.0736. The largest absolute Gasteiger partial charge is 0.493 e. The highest BCUT2D eigenvalue weighted by Crippen LogP contribution is 2.71. The molecule has 6 atom stereocenters. The molecule has 3 aliphatic carbocycles. The van der Waals surface area contributed by atoms with Gasteiger partial charge in [-0.15, -0.1) is 0 Å². The molecule has 2 bridgehead atoms. The molecule has 2 heterocycles. The maximum absolute atomic E-state index is 6.73. The van der Waals surface area contributed by atoms with Crippen LogP contribution in [-0.2, 0) is 18.9 Å². The van der Waals surface area contributed by atoms with E-state index in [1.807, 2.05) is 0 Å². The van der Waals surface area contributed by atoms with E-state index in [1.54, 1.807) is 21.3 Å². The fourth-order valence-electron chi connectivity index (χ4n) is 6.54. The Morgan fingerprint density at radius 2 is 1.96 bits per heavy atom. The Morgan fingerprint density at radius 3 is 2.63 bits per heavy atom. The van der Waals surface area contributed by atoms with Gasteiger partial charge in [-0.05, 0) is 48.4 Å². The van der Waals surface area contributed by atoms with Crippen molar-refractivity contribution in [2.45, 2.75) is 30.8 Å². The Bertz CT molecular complexity index is 774. The molecule has 148 valence electrons. The minimum Gasteiger partial charge on any atom is -0.493 e. The van der Waals surface area contributed by atoms with Gasteiger partial charge in [0.15, 0.2) is 11.9 Å². The summed E-state index contributed by atoms with van der Waals surface area (Å²) in [5, 5.41) is 0. The number of likely N-dealkylation sites (tertiary alicyclic amines) is 1. The predicted octanol–water partition coefficient (Wildman–Crippen LogP) is 3.76. The molecule has 2 unspecified atom stereocenters. The summed E-state index contributed by atoms with van der Waals surface area (Å²) in [6.45, 7) is 1.05. The van der Waals surface area contributed by atoms with E-state index >= 15 is 0 Å². The number of hydrogen-bond donors (Lipinski definition) is 0. The second-order valence-electron chi connectivity index (χ2n) is 8.31. The summed E-state index contributed by atoms with van der Waals surface area (Å²) < 4.78 is 26.6. The van der Waals surface area contributed by atoms with Gasteiger partial charge in [0.25, 0.3) is 0 Å². The highest BCUT2D eigenvalue weighted by molar-refractivity contribution is 9.12. The zero-order chi connectivity index (χ0) is 19.1. The van der Waals surface area contributed by atoms with Crippen molar-refractivity contribution >= 4 is 31.9 Å². The summed E-state index contributed by atoms with van der Waals surface area (Å²) in [5.74, 6) is 1.90. The molecule has 27 heavy (non-hydrogen) atoms. The Balaban J connectivity index is 1.79. The number of halogens is 2. The molecule has 5 aliphatic rings. The molecular weight excluding hydrogens is 478 g/mol. The number of methoxy groups -OCH3 is 3. The number of ether oxygens (including phenoxy) is 4. The highest BCUT2D eigenvalue weighted by atomic mass is 79.9. The zero-order valence-electron chi connectivity index (χ0n) is 16.0. The summed E-state index contributed by atoms with van der Waals surface area (Å²) in [6, 6.07) is 0.467. The second-order valence-corrected chi connectivity index (χ2v) is 10.1. The standard InChI is InChI=1S/C20H25Br2NO4/c1-23-6-5-19-11-8-15(22)20(25-3,26-4)18(19)27-17-14(24-2)9-12(21)10(16(17)19)7-13(11)23/h8-11,13,16,18H,5-7H2,1-4H3/t10?,11-,13+,16?,18+,19-/m0/s1. The van der Waals surface area contributed by atoms with E-state index in [-0.39, 0.29) is 17.4 Å². The first-order chi connectivity index (χ1) is 12.9. The first-order valence-corrected chi connectivity index (χ1v) is 11.0. The van der Waals surface area contributed by atoms with Crippen LogP contribution in [0, 0.1) is 23.2 Å². The van der Waals surface area contributed by atoms with Crippen LogP contribution in [0.3, 0.4) is 0 Å². The molecule has 5 rings (SSSR count). The SMILES string of the molecule is COC1=C2O[C@H]3C(OC)(OC)C(Br)=C[C@H]4[C@H]5CC(C(Br)=C1)C2[C@]43CCN5C. The summed E-state index contributed by atoms with van der Waals surface area (Å²) in [6.07, 6.45) is 6.35. The lowest BCUT2D eigenvalue weighted by molar-refractivity contribution is -0.269. The number of nitrogens with zero attached hydrogens (tertiary/aromatic N) is 1. The highest BCUT2D eigenvalue weighted by Gasteiger charge is 2.75. The van der Waals surface area contributed by atoms with Gasteiger partial charge < -0.3 is 23.8 Å². The Labute approximate surface area is 177 Å². The van der Waals surface area contributed by atoms with Gasteiger partial charge in [0, 0.05) is 47.9 Å². The summed E-state index contributed by atoms with van der Waals surface area (Å²) in [7, 11) is 7.37. The zero-order valence-corrected chi connectivity index (χ0v) is 19.2. The van der Waals surface area contributed by atoms with Crippen LogP contribution in [0.4, 0.5) is 0 Å². The van der Waals surface area contributed by atoms with Crippen LogP contribution < -0.4 is 0 Å². The normalized spacial score (nSPS) is 44.3. The van der Waals surface area contributed by atoms with Crippen molar-refractivity contribution in [2.75, 3.05) is 34.9 Å². The predicted molar refractivity (Wildman–Crippen MR) is 108 cm³/mol. The summed E-state index contributed by atoms with van der Waals surface area (Å²) in [4.78, 5) is 2.51. The van der Waals surface area contributed by atoms with Crippen molar-refractivity contribution in [1.29, 1.82) is 0 Å². The molecule has 5 nitrogen and oxygen atoms in total. The fourth-order valence-corrected chi connectivity index (χ4v) is 8.01. The molecule has 2 saturated heterocycles. The van der Waals surface area contributed by atoms with E-state index in [4.69, 9.17) is 18.9 Å². The van der Waals surface area contributed by atoms with Gasteiger partial charge in [-0.1, -0.05) is 22.0 Å². The molecule has 0 N–H and O–H groups in total. The average Bonchev–Trinajstić information content (AvgIpc) is 3.01. The van der Waals surface area contributed by atoms with Crippen molar-refractivity contribution in [2.24, 2.45) is 23.2 Å². The van der Waals surface area contributed by atoms with E-state index in [0.29, 0.717) is 17.9 Å². The van der Waals surface area contributed by atoms with Crippen molar-refractivity contribution in [3.63, 3.8) is 0 Å². The van der Waals surface area contributed by atoms with E-state index in [0.717, 1.165) is 35.4 Å². The molecule has 0 radical (unpaired) electrons. The van der Waals surface area contributed by atoms with Gasteiger partial charge in [-0.3, -0.25) is 0 Å². The first kappa shape index (κ1) is 18.7. The van der Waals surface area contributed by atoms with Crippen LogP contribution >= 0.6 is 31.9 Å². The van der Waals surface area contributed by atoms with Crippen LogP contribution in [0.5, 0.6) is 0 Å². The molecule has 0 aromatic rings. The fraction of sp³-hybridized carbons (Fsp3) is 0.700. The van der Waals surface area contributed by atoms with Gasteiger partial charge in [0.1, 0.15) is 5.76 Å². The molecule has 1 spiro atoms. The Hall–Kier alpha value is -0.340. The lowest BCUT2D eigenvalue weighted by Gasteiger charge is -2.62. The van der Waals surface area contributed by atoms with Crippen LogP contribution in [0.1, 0.15) is 12.8 Å². The van der Waals surface area contributed by atoms with Crippen LogP contribution in [0.15, 0.2) is 32.6 Å².